The van der Waals surface area contributed by atoms with Crippen molar-refractivity contribution in [3.8, 4) is 5.75 Å². The van der Waals surface area contributed by atoms with Gasteiger partial charge in [0.05, 0.1) is 19.1 Å². The molecule has 1 aliphatic carbocycles. The lowest BCUT2D eigenvalue weighted by Crippen LogP contribution is -2.52. The second-order valence-corrected chi connectivity index (χ2v) is 12.1. The number of nitrogens with zero attached hydrogens (tertiary/aromatic N) is 2. The van der Waals surface area contributed by atoms with E-state index >= 15 is 0 Å². The predicted octanol–water partition coefficient (Wildman–Crippen LogP) is 5.79. The van der Waals surface area contributed by atoms with Gasteiger partial charge in [-0.25, -0.2) is 0 Å². The van der Waals surface area contributed by atoms with E-state index in [0.29, 0.717) is 12.1 Å². The minimum absolute atomic E-state index is 0.0111. The minimum atomic E-state index is -0.454. The van der Waals surface area contributed by atoms with Gasteiger partial charge in [-0.1, -0.05) is 63.4 Å². The number of hydrogen-bond acceptors (Lipinski definition) is 4. The quantitative estimate of drug-likeness (QED) is 0.438. The summed E-state index contributed by atoms with van der Waals surface area (Å²) in [5, 5.41) is 3.29. The zero-order chi connectivity index (χ0) is 27.4. The van der Waals surface area contributed by atoms with Gasteiger partial charge >= 0.3 is 0 Å². The van der Waals surface area contributed by atoms with Crippen LogP contribution in [0.2, 0.25) is 0 Å². The Balaban J connectivity index is 1.41. The van der Waals surface area contributed by atoms with Crippen molar-refractivity contribution < 1.29 is 14.3 Å². The maximum absolute atomic E-state index is 14.1. The van der Waals surface area contributed by atoms with Crippen LogP contribution in [0.1, 0.15) is 92.2 Å². The van der Waals surface area contributed by atoms with E-state index in [1.165, 1.54) is 12.8 Å². The van der Waals surface area contributed by atoms with Crippen molar-refractivity contribution in [2.75, 3.05) is 33.3 Å². The molecule has 1 N–H and O–H groups in total. The van der Waals surface area contributed by atoms with Crippen LogP contribution in [0.4, 0.5) is 0 Å². The van der Waals surface area contributed by atoms with Crippen LogP contribution in [0.15, 0.2) is 48.5 Å². The standard InChI is InChI=1S/C33H45N3O3/c1-23-20-24(2)22-35(21-23)19-9-18-34-32(37)30-28-12-7-8-13-29(28)33(38)36(26-10-5-4-6-11-26)31(30)25-14-16-27(39-3)17-15-25/h7-8,12-17,23-24,26,30-31H,4-6,9-11,18-22H2,1-3H3,(H,34,37). The van der Waals surface area contributed by atoms with E-state index in [-0.39, 0.29) is 23.9 Å². The lowest BCUT2D eigenvalue weighted by Gasteiger charge is -2.46. The summed E-state index contributed by atoms with van der Waals surface area (Å²) in [6, 6.07) is 15.5. The third kappa shape index (κ3) is 6.16. The molecule has 4 unspecified atom stereocenters. The molecule has 2 aromatic carbocycles. The summed E-state index contributed by atoms with van der Waals surface area (Å²) in [4.78, 5) is 32.7. The number of likely N-dealkylation sites (tertiary alicyclic amines) is 1. The molecular formula is C33H45N3O3. The maximum Gasteiger partial charge on any atom is 0.254 e. The molecule has 2 aliphatic heterocycles. The van der Waals surface area contributed by atoms with Crippen molar-refractivity contribution in [3.05, 3.63) is 65.2 Å². The summed E-state index contributed by atoms with van der Waals surface area (Å²) in [7, 11) is 1.66. The zero-order valence-electron chi connectivity index (χ0n) is 23.9. The number of methoxy groups -OCH3 is 1. The van der Waals surface area contributed by atoms with Gasteiger partial charge in [-0.05, 0) is 73.4 Å². The fraction of sp³-hybridized carbons (Fsp3) is 0.576. The Morgan fingerprint density at radius 2 is 1.67 bits per heavy atom. The molecule has 0 aromatic heterocycles. The number of carbonyl (C=O) groups excluding carboxylic acids is 2. The Labute approximate surface area is 234 Å². The highest BCUT2D eigenvalue weighted by Gasteiger charge is 2.46. The molecule has 210 valence electrons. The van der Waals surface area contributed by atoms with Gasteiger partial charge in [0.1, 0.15) is 5.75 Å². The molecule has 6 nitrogen and oxygen atoms in total. The number of rotatable bonds is 8. The molecule has 2 amide bonds. The van der Waals surface area contributed by atoms with Gasteiger partial charge in [-0.15, -0.1) is 0 Å². The first kappa shape index (κ1) is 27.7. The van der Waals surface area contributed by atoms with Crippen molar-refractivity contribution in [1.82, 2.24) is 15.1 Å². The first-order valence-corrected chi connectivity index (χ1v) is 15.0. The van der Waals surface area contributed by atoms with Crippen LogP contribution in [0.5, 0.6) is 5.75 Å². The van der Waals surface area contributed by atoms with Crippen LogP contribution in [0.3, 0.4) is 0 Å². The molecule has 0 radical (unpaired) electrons. The SMILES string of the molecule is COc1ccc(C2C(C(=O)NCCCN3CC(C)CC(C)C3)c3ccccc3C(=O)N2C2CCCCC2)cc1. The van der Waals surface area contributed by atoms with Gasteiger partial charge in [-0.2, -0.15) is 0 Å². The summed E-state index contributed by atoms with van der Waals surface area (Å²) in [6.07, 6.45) is 7.66. The highest BCUT2D eigenvalue weighted by Crippen LogP contribution is 2.46. The molecule has 1 saturated heterocycles. The molecule has 2 fully saturated rings. The fourth-order valence-corrected chi connectivity index (χ4v) is 7.35. The van der Waals surface area contributed by atoms with Crippen LogP contribution in [0, 0.1) is 11.8 Å². The van der Waals surface area contributed by atoms with Crippen molar-refractivity contribution in [2.45, 2.75) is 76.8 Å². The molecule has 0 bridgehead atoms. The van der Waals surface area contributed by atoms with Crippen molar-refractivity contribution >= 4 is 11.8 Å². The van der Waals surface area contributed by atoms with Crippen molar-refractivity contribution in [2.24, 2.45) is 11.8 Å². The van der Waals surface area contributed by atoms with Crippen LogP contribution in [-0.2, 0) is 4.79 Å². The van der Waals surface area contributed by atoms with Crippen molar-refractivity contribution in [1.29, 1.82) is 0 Å². The van der Waals surface area contributed by atoms with E-state index in [2.05, 4.69) is 29.0 Å². The smallest absolute Gasteiger partial charge is 0.254 e. The third-order valence-electron chi connectivity index (χ3n) is 8.98. The summed E-state index contributed by atoms with van der Waals surface area (Å²) >= 11 is 0. The molecule has 2 heterocycles. The molecule has 4 atom stereocenters. The van der Waals surface area contributed by atoms with E-state index < -0.39 is 5.92 Å². The number of fused-ring (bicyclic) bond motifs is 1. The highest BCUT2D eigenvalue weighted by molar-refractivity contribution is 6.01. The Kier molecular flexibility index (Phi) is 8.91. The molecule has 1 saturated carbocycles. The maximum atomic E-state index is 14.1. The number of carbonyl (C=O) groups is 2. The molecule has 3 aliphatic rings. The Morgan fingerprint density at radius 1 is 0.974 bits per heavy atom. The largest absolute Gasteiger partial charge is 0.497 e. The zero-order valence-corrected chi connectivity index (χ0v) is 23.9. The molecular weight excluding hydrogens is 486 g/mol. The first-order chi connectivity index (χ1) is 19.0. The van der Waals surface area contributed by atoms with Gasteiger partial charge < -0.3 is 19.9 Å². The normalized spacial score (nSPS) is 26.2. The summed E-state index contributed by atoms with van der Waals surface area (Å²) in [5.74, 6) is 1.84. The van der Waals surface area contributed by atoms with E-state index in [9.17, 15) is 9.59 Å². The molecule has 2 aromatic rings. The minimum Gasteiger partial charge on any atom is -0.497 e. The lowest BCUT2D eigenvalue weighted by atomic mass is 9.77. The van der Waals surface area contributed by atoms with E-state index in [1.54, 1.807) is 7.11 Å². The fourth-order valence-electron chi connectivity index (χ4n) is 7.35. The number of nitrogens with one attached hydrogen (secondary N) is 1. The number of ether oxygens (including phenoxy) is 1. The number of piperidine rings is 1. The molecule has 6 heteroatoms. The Morgan fingerprint density at radius 3 is 2.36 bits per heavy atom. The van der Waals surface area contributed by atoms with E-state index in [0.717, 1.165) is 80.5 Å². The van der Waals surface area contributed by atoms with Crippen LogP contribution in [-0.4, -0.2) is 60.9 Å². The first-order valence-electron chi connectivity index (χ1n) is 15.0. The van der Waals surface area contributed by atoms with Crippen LogP contribution >= 0.6 is 0 Å². The molecule has 0 spiro atoms. The Bertz CT molecular complexity index is 1120. The van der Waals surface area contributed by atoms with Crippen LogP contribution < -0.4 is 10.1 Å². The van der Waals surface area contributed by atoms with E-state index in [4.69, 9.17) is 4.74 Å². The van der Waals surface area contributed by atoms with Crippen LogP contribution in [0.25, 0.3) is 0 Å². The average molecular weight is 532 g/mol. The summed E-state index contributed by atoms with van der Waals surface area (Å²) in [5.41, 5.74) is 2.50. The van der Waals surface area contributed by atoms with Crippen molar-refractivity contribution in [3.63, 3.8) is 0 Å². The summed E-state index contributed by atoms with van der Waals surface area (Å²) < 4.78 is 5.42. The van der Waals surface area contributed by atoms with Gasteiger partial charge in [-0.3, -0.25) is 9.59 Å². The second-order valence-electron chi connectivity index (χ2n) is 12.1. The molecule has 39 heavy (non-hydrogen) atoms. The second kappa shape index (κ2) is 12.5. The van der Waals surface area contributed by atoms with Gasteiger partial charge in [0.2, 0.25) is 5.91 Å². The Hall–Kier alpha value is -2.86. The summed E-state index contributed by atoms with van der Waals surface area (Å²) in [6.45, 7) is 8.61. The van der Waals surface area contributed by atoms with Gasteiger partial charge in [0.15, 0.2) is 0 Å². The van der Waals surface area contributed by atoms with E-state index in [1.807, 2.05) is 48.5 Å². The average Bonchev–Trinajstić information content (AvgIpc) is 2.95. The lowest BCUT2D eigenvalue weighted by molar-refractivity contribution is -0.124. The molecule has 5 rings (SSSR count). The van der Waals surface area contributed by atoms with Gasteiger partial charge in [0, 0.05) is 31.2 Å². The number of amides is 2. The predicted molar refractivity (Wildman–Crippen MR) is 155 cm³/mol. The third-order valence-corrected chi connectivity index (χ3v) is 8.98. The number of hydrogen-bond donors (Lipinski definition) is 1. The topological polar surface area (TPSA) is 61.9 Å². The van der Waals surface area contributed by atoms with Gasteiger partial charge in [0.25, 0.3) is 5.91 Å². The monoisotopic (exact) mass is 531 g/mol. The number of benzene rings is 2. The highest BCUT2D eigenvalue weighted by atomic mass is 16.5.